The van der Waals surface area contributed by atoms with Crippen molar-refractivity contribution >= 4 is 28.9 Å². The summed E-state index contributed by atoms with van der Waals surface area (Å²) in [6.45, 7) is 0. The first kappa shape index (κ1) is 12.2. The summed E-state index contributed by atoms with van der Waals surface area (Å²) in [5.74, 6) is 0. The maximum atomic E-state index is 5.96. The highest BCUT2D eigenvalue weighted by Gasteiger charge is 2.02. The fourth-order valence-corrected chi connectivity index (χ4v) is 1.94. The number of rotatable bonds is 3. The van der Waals surface area contributed by atoms with E-state index in [1.54, 1.807) is 12.4 Å². The molecule has 2 rings (SSSR count). The Balaban J connectivity index is 2.08. The molecule has 1 aromatic carbocycles. The lowest BCUT2D eigenvalue weighted by Gasteiger charge is -2.05. The van der Waals surface area contributed by atoms with E-state index in [0.29, 0.717) is 10.0 Å². The molecule has 4 heteroatoms. The van der Waals surface area contributed by atoms with Gasteiger partial charge in [0.15, 0.2) is 0 Å². The number of aryl methyl sites for hydroxylation is 2. The lowest BCUT2D eigenvalue weighted by molar-refractivity contribution is 0.953. The average Bonchev–Trinajstić information content (AvgIpc) is 2.32. The van der Waals surface area contributed by atoms with Crippen LogP contribution in [0.3, 0.4) is 0 Å². The fraction of sp³-hybridized carbons (Fsp3) is 0.154. The Kier molecular flexibility index (Phi) is 3.87. The number of nitrogens with zero attached hydrogens (tertiary/aromatic N) is 1. The van der Waals surface area contributed by atoms with Gasteiger partial charge in [-0.1, -0.05) is 29.3 Å². The topological polar surface area (TPSA) is 38.9 Å². The van der Waals surface area contributed by atoms with Gasteiger partial charge in [-0.15, -0.1) is 0 Å². The molecule has 0 fully saturated rings. The van der Waals surface area contributed by atoms with Gasteiger partial charge < -0.3 is 5.73 Å². The molecule has 0 aliphatic rings. The molecule has 2 nitrogen and oxygen atoms in total. The van der Waals surface area contributed by atoms with E-state index >= 15 is 0 Å². The second-order valence-electron chi connectivity index (χ2n) is 3.82. The highest BCUT2D eigenvalue weighted by atomic mass is 35.5. The minimum atomic E-state index is 0.580. The molecular formula is C13H12Cl2N2. The molecule has 0 saturated heterocycles. The predicted molar refractivity (Wildman–Crippen MR) is 72.5 cm³/mol. The summed E-state index contributed by atoms with van der Waals surface area (Å²) < 4.78 is 0. The van der Waals surface area contributed by atoms with Gasteiger partial charge in [0.2, 0.25) is 0 Å². The Morgan fingerprint density at radius 2 is 1.88 bits per heavy atom. The lowest BCUT2D eigenvalue weighted by atomic mass is 10.0. The van der Waals surface area contributed by atoms with E-state index in [9.17, 15) is 0 Å². The van der Waals surface area contributed by atoms with E-state index < -0.39 is 0 Å². The Morgan fingerprint density at radius 1 is 1.06 bits per heavy atom. The van der Waals surface area contributed by atoms with Crippen LogP contribution < -0.4 is 5.73 Å². The molecule has 88 valence electrons. The van der Waals surface area contributed by atoms with E-state index in [1.807, 2.05) is 24.3 Å². The van der Waals surface area contributed by atoms with Crippen LogP contribution in [0.25, 0.3) is 0 Å². The van der Waals surface area contributed by atoms with Gasteiger partial charge in [-0.3, -0.25) is 4.98 Å². The van der Waals surface area contributed by atoms with Crippen LogP contribution >= 0.6 is 23.2 Å². The third-order valence-corrected chi connectivity index (χ3v) is 3.35. The Hall–Kier alpha value is -1.25. The van der Waals surface area contributed by atoms with Crippen molar-refractivity contribution in [1.29, 1.82) is 0 Å². The molecule has 0 aliphatic heterocycles. The molecule has 0 radical (unpaired) electrons. The van der Waals surface area contributed by atoms with Crippen LogP contribution in [0.4, 0.5) is 5.69 Å². The second kappa shape index (κ2) is 5.39. The predicted octanol–water partition coefficient (Wildman–Crippen LogP) is 3.76. The molecule has 2 N–H and O–H groups in total. The zero-order valence-electron chi connectivity index (χ0n) is 9.16. The molecule has 1 aromatic heterocycles. The van der Waals surface area contributed by atoms with Gasteiger partial charge >= 0.3 is 0 Å². The number of halogens is 2. The van der Waals surface area contributed by atoms with E-state index in [-0.39, 0.29) is 0 Å². The van der Waals surface area contributed by atoms with Crippen molar-refractivity contribution in [3.63, 3.8) is 0 Å². The smallest absolute Gasteiger partial charge is 0.0595 e. The Morgan fingerprint density at radius 3 is 2.59 bits per heavy atom. The molecule has 0 aliphatic carbocycles. The maximum Gasteiger partial charge on any atom is 0.0595 e. The van der Waals surface area contributed by atoms with Crippen LogP contribution in [-0.2, 0) is 12.8 Å². The molecule has 0 atom stereocenters. The zero-order chi connectivity index (χ0) is 12.3. The highest BCUT2D eigenvalue weighted by molar-refractivity contribution is 6.42. The van der Waals surface area contributed by atoms with Gasteiger partial charge in [0.1, 0.15) is 0 Å². The summed E-state index contributed by atoms with van der Waals surface area (Å²) in [4.78, 5) is 4.06. The number of aromatic nitrogens is 1. The van der Waals surface area contributed by atoms with Crippen molar-refractivity contribution in [2.75, 3.05) is 5.73 Å². The zero-order valence-corrected chi connectivity index (χ0v) is 10.7. The Bertz CT molecular complexity index is 527. The van der Waals surface area contributed by atoms with E-state index in [2.05, 4.69) is 4.98 Å². The summed E-state index contributed by atoms with van der Waals surface area (Å²) in [6.07, 6.45) is 5.20. The molecule has 1 heterocycles. The van der Waals surface area contributed by atoms with Crippen molar-refractivity contribution in [3.05, 3.63) is 57.8 Å². The highest BCUT2D eigenvalue weighted by Crippen LogP contribution is 2.23. The first-order chi connectivity index (χ1) is 8.16. The third kappa shape index (κ3) is 3.11. The normalized spacial score (nSPS) is 10.5. The SMILES string of the molecule is Nc1ccncc1CCc1ccc(Cl)c(Cl)c1. The Labute approximate surface area is 110 Å². The summed E-state index contributed by atoms with van der Waals surface area (Å²) in [5, 5.41) is 1.17. The van der Waals surface area contributed by atoms with Crippen LogP contribution in [0.2, 0.25) is 10.0 Å². The summed E-state index contributed by atoms with van der Waals surface area (Å²) >= 11 is 11.8. The van der Waals surface area contributed by atoms with Gasteiger partial charge in [-0.25, -0.2) is 0 Å². The van der Waals surface area contributed by atoms with Crippen molar-refractivity contribution in [1.82, 2.24) is 4.98 Å². The number of anilines is 1. The largest absolute Gasteiger partial charge is 0.398 e. The lowest BCUT2D eigenvalue weighted by Crippen LogP contribution is -1.97. The average molecular weight is 267 g/mol. The van der Waals surface area contributed by atoms with Crippen LogP contribution in [0.1, 0.15) is 11.1 Å². The molecule has 0 spiro atoms. The fourth-order valence-electron chi connectivity index (χ4n) is 1.62. The first-order valence-electron chi connectivity index (χ1n) is 5.29. The molecule has 0 unspecified atom stereocenters. The van der Waals surface area contributed by atoms with Gasteiger partial charge in [-0.2, -0.15) is 0 Å². The molecule has 2 aromatic rings. The number of benzene rings is 1. The minimum Gasteiger partial charge on any atom is -0.398 e. The molecule has 0 saturated carbocycles. The van der Waals surface area contributed by atoms with Gasteiger partial charge in [0, 0.05) is 18.1 Å². The number of nitrogens with two attached hydrogens (primary N) is 1. The standard InChI is InChI=1S/C13H12Cl2N2/c14-11-4-2-9(7-12(11)15)1-3-10-8-17-6-5-13(10)16/h2,4-8H,1,3H2,(H2,16,17). The molecule has 0 bridgehead atoms. The maximum absolute atomic E-state index is 5.96. The van der Waals surface area contributed by atoms with Crippen LogP contribution in [0.15, 0.2) is 36.7 Å². The van der Waals surface area contributed by atoms with Crippen molar-refractivity contribution in [3.8, 4) is 0 Å². The van der Waals surface area contributed by atoms with Crippen molar-refractivity contribution in [2.24, 2.45) is 0 Å². The number of hydrogen-bond donors (Lipinski definition) is 1. The summed E-state index contributed by atoms with van der Waals surface area (Å²) in [5.41, 5.74) is 8.82. The van der Waals surface area contributed by atoms with Crippen LogP contribution in [0.5, 0.6) is 0 Å². The monoisotopic (exact) mass is 266 g/mol. The van der Waals surface area contributed by atoms with E-state index in [0.717, 1.165) is 29.7 Å². The summed E-state index contributed by atoms with van der Waals surface area (Å²) in [6, 6.07) is 7.48. The first-order valence-corrected chi connectivity index (χ1v) is 6.04. The van der Waals surface area contributed by atoms with Crippen LogP contribution in [-0.4, -0.2) is 4.98 Å². The van der Waals surface area contributed by atoms with Crippen LogP contribution in [0, 0.1) is 0 Å². The van der Waals surface area contributed by atoms with Crippen molar-refractivity contribution < 1.29 is 0 Å². The van der Waals surface area contributed by atoms with Gasteiger partial charge in [0.05, 0.1) is 10.0 Å². The van der Waals surface area contributed by atoms with Gasteiger partial charge in [-0.05, 0) is 42.2 Å². The molecule has 17 heavy (non-hydrogen) atoms. The van der Waals surface area contributed by atoms with E-state index in [4.69, 9.17) is 28.9 Å². The number of hydrogen-bond acceptors (Lipinski definition) is 2. The number of pyridine rings is 1. The minimum absolute atomic E-state index is 0.580. The third-order valence-electron chi connectivity index (χ3n) is 2.61. The molecule has 0 amide bonds. The van der Waals surface area contributed by atoms with Crippen molar-refractivity contribution in [2.45, 2.75) is 12.8 Å². The second-order valence-corrected chi connectivity index (χ2v) is 4.64. The quantitative estimate of drug-likeness (QED) is 0.919. The number of nitrogen functional groups attached to an aromatic ring is 1. The van der Waals surface area contributed by atoms with Gasteiger partial charge in [0.25, 0.3) is 0 Å². The van der Waals surface area contributed by atoms with E-state index in [1.165, 1.54) is 0 Å². The molecular weight excluding hydrogens is 255 g/mol. The summed E-state index contributed by atoms with van der Waals surface area (Å²) in [7, 11) is 0.